The first-order valence-corrected chi connectivity index (χ1v) is 11.9. The van der Waals surface area contributed by atoms with Crippen molar-refractivity contribution in [2.75, 3.05) is 12.3 Å². The second-order valence-electron chi connectivity index (χ2n) is 7.03. The number of aryl methyl sites for hydroxylation is 3. The van der Waals surface area contributed by atoms with Gasteiger partial charge in [-0.2, -0.15) is 0 Å². The minimum absolute atomic E-state index is 0.0347. The number of nitrogens with zero attached hydrogens (tertiary/aromatic N) is 4. The average molecular weight is 433 g/mol. The zero-order chi connectivity index (χ0) is 20.2. The number of carbonyl (C=O) groups excluding carboxylic acids is 1. The van der Waals surface area contributed by atoms with Gasteiger partial charge in [-0.25, -0.2) is 4.98 Å². The largest absolute Gasteiger partial charge is 0.355 e. The van der Waals surface area contributed by atoms with Crippen LogP contribution in [-0.2, 0) is 36.4 Å². The van der Waals surface area contributed by atoms with Crippen LogP contribution in [0.15, 0.2) is 11.1 Å². The standard InChI is InChI=1S/C19H24N6O2S2/c1-2-25-11-21-24-15(25)7-8-20-16(26)10-28-9-14-22-18(27)17-12-5-3-4-6-13(12)29-19(17)23-14/h11H,2-10H2,1H3,(H,20,26)(H,22,23,27). The van der Waals surface area contributed by atoms with E-state index in [1.165, 1.54) is 28.6 Å². The number of amides is 1. The molecular weight excluding hydrogens is 408 g/mol. The fourth-order valence-electron chi connectivity index (χ4n) is 3.62. The maximum atomic E-state index is 12.5. The van der Waals surface area contributed by atoms with Crippen molar-refractivity contribution in [2.45, 2.75) is 51.3 Å². The number of hydrogen-bond donors (Lipinski definition) is 2. The molecule has 0 aliphatic heterocycles. The van der Waals surface area contributed by atoms with E-state index >= 15 is 0 Å². The van der Waals surface area contributed by atoms with E-state index in [4.69, 9.17) is 0 Å². The summed E-state index contributed by atoms with van der Waals surface area (Å²) in [6, 6.07) is 0. The van der Waals surface area contributed by atoms with Gasteiger partial charge in [-0.15, -0.1) is 33.3 Å². The molecule has 3 heterocycles. The van der Waals surface area contributed by atoms with Gasteiger partial charge in [0.15, 0.2) is 0 Å². The van der Waals surface area contributed by atoms with Crippen LogP contribution in [0.1, 0.15) is 41.9 Å². The second-order valence-corrected chi connectivity index (χ2v) is 9.10. The minimum atomic E-state index is -0.0468. The highest BCUT2D eigenvalue weighted by molar-refractivity contribution is 7.99. The Balaban J connectivity index is 1.28. The number of fused-ring (bicyclic) bond motifs is 3. The fraction of sp³-hybridized carbons (Fsp3) is 0.526. The summed E-state index contributed by atoms with van der Waals surface area (Å²) < 4.78 is 1.96. The van der Waals surface area contributed by atoms with E-state index in [0.717, 1.165) is 41.8 Å². The Labute approximate surface area is 176 Å². The highest BCUT2D eigenvalue weighted by Gasteiger charge is 2.19. The Hall–Kier alpha value is -2.20. The maximum Gasteiger partial charge on any atom is 0.259 e. The third-order valence-corrected chi connectivity index (χ3v) is 7.18. The summed E-state index contributed by atoms with van der Waals surface area (Å²) in [5.74, 6) is 2.30. The van der Waals surface area contributed by atoms with E-state index in [9.17, 15) is 9.59 Å². The van der Waals surface area contributed by atoms with E-state index in [1.54, 1.807) is 17.7 Å². The first-order chi connectivity index (χ1) is 14.2. The Morgan fingerprint density at radius 3 is 3.10 bits per heavy atom. The zero-order valence-electron chi connectivity index (χ0n) is 16.4. The lowest BCUT2D eigenvalue weighted by molar-refractivity contribution is -0.118. The topological polar surface area (TPSA) is 106 Å². The van der Waals surface area contributed by atoms with Crippen molar-refractivity contribution in [1.82, 2.24) is 30.0 Å². The molecule has 0 bridgehead atoms. The molecule has 2 N–H and O–H groups in total. The number of carbonyl (C=O) groups is 1. The number of nitrogens with one attached hydrogen (secondary N) is 2. The molecule has 0 saturated carbocycles. The number of rotatable bonds is 8. The summed E-state index contributed by atoms with van der Waals surface area (Å²) in [6.07, 6.45) is 6.70. The highest BCUT2D eigenvalue weighted by Crippen LogP contribution is 2.33. The molecule has 3 aromatic heterocycles. The van der Waals surface area contributed by atoms with Crippen LogP contribution in [0.3, 0.4) is 0 Å². The number of aromatic amines is 1. The molecule has 10 heteroatoms. The van der Waals surface area contributed by atoms with Crippen molar-refractivity contribution in [3.8, 4) is 0 Å². The predicted molar refractivity (Wildman–Crippen MR) is 115 cm³/mol. The van der Waals surface area contributed by atoms with Gasteiger partial charge in [0.2, 0.25) is 5.91 Å². The van der Waals surface area contributed by atoms with Gasteiger partial charge in [0.1, 0.15) is 22.8 Å². The van der Waals surface area contributed by atoms with E-state index < -0.39 is 0 Å². The van der Waals surface area contributed by atoms with E-state index in [1.807, 2.05) is 11.5 Å². The fourth-order valence-corrected chi connectivity index (χ4v) is 5.62. The Bertz CT molecular complexity index is 1070. The number of thiophene rings is 1. The first-order valence-electron chi connectivity index (χ1n) is 9.90. The number of thioether (sulfide) groups is 1. The van der Waals surface area contributed by atoms with Gasteiger partial charge in [0.05, 0.1) is 16.9 Å². The third-order valence-electron chi connectivity index (χ3n) is 5.05. The van der Waals surface area contributed by atoms with Gasteiger partial charge in [-0.05, 0) is 38.2 Å². The molecule has 0 atom stereocenters. The van der Waals surface area contributed by atoms with Crippen molar-refractivity contribution in [1.29, 1.82) is 0 Å². The lowest BCUT2D eigenvalue weighted by Gasteiger charge is -2.09. The predicted octanol–water partition coefficient (Wildman–Crippen LogP) is 2.07. The van der Waals surface area contributed by atoms with Crippen LogP contribution in [0, 0.1) is 0 Å². The van der Waals surface area contributed by atoms with Gasteiger partial charge in [0, 0.05) is 24.4 Å². The van der Waals surface area contributed by atoms with E-state index in [0.29, 0.717) is 30.3 Å². The molecule has 154 valence electrons. The van der Waals surface area contributed by atoms with Crippen molar-refractivity contribution < 1.29 is 4.79 Å². The molecule has 8 nitrogen and oxygen atoms in total. The molecule has 1 amide bonds. The summed E-state index contributed by atoms with van der Waals surface area (Å²) >= 11 is 3.10. The number of hydrogen-bond acceptors (Lipinski definition) is 7. The van der Waals surface area contributed by atoms with E-state index in [-0.39, 0.29) is 11.5 Å². The van der Waals surface area contributed by atoms with Crippen LogP contribution >= 0.6 is 23.1 Å². The molecule has 0 saturated heterocycles. The molecule has 3 aromatic rings. The quantitative estimate of drug-likeness (QED) is 0.564. The molecule has 1 aliphatic rings. The Morgan fingerprint density at radius 2 is 2.24 bits per heavy atom. The van der Waals surface area contributed by atoms with Crippen molar-refractivity contribution in [3.63, 3.8) is 0 Å². The SMILES string of the molecule is CCn1cnnc1CCNC(=O)CSCc1nc2sc3c(c2c(=O)[nH]1)CCCC3. The molecule has 0 radical (unpaired) electrons. The van der Waals surface area contributed by atoms with Crippen LogP contribution in [0.2, 0.25) is 0 Å². The summed E-state index contributed by atoms with van der Waals surface area (Å²) in [6.45, 7) is 3.37. The smallest absolute Gasteiger partial charge is 0.259 e. The molecule has 0 spiro atoms. The second kappa shape index (κ2) is 9.08. The van der Waals surface area contributed by atoms with Crippen LogP contribution in [0.5, 0.6) is 0 Å². The van der Waals surface area contributed by atoms with Crippen molar-refractivity contribution in [2.24, 2.45) is 0 Å². The van der Waals surface area contributed by atoms with Crippen molar-refractivity contribution >= 4 is 39.2 Å². The van der Waals surface area contributed by atoms with Gasteiger partial charge in [-0.3, -0.25) is 9.59 Å². The molecule has 4 rings (SSSR count). The Morgan fingerprint density at radius 1 is 1.38 bits per heavy atom. The third kappa shape index (κ3) is 4.53. The first kappa shape index (κ1) is 20.1. The molecule has 29 heavy (non-hydrogen) atoms. The lowest BCUT2D eigenvalue weighted by atomic mass is 9.97. The molecule has 0 fully saturated rings. The van der Waals surface area contributed by atoms with Gasteiger partial charge < -0.3 is 14.9 Å². The van der Waals surface area contributed by atoms with Gasteiger partial charge >= 0.3 is 0 Å². The normalized spacial score (nSPS) is 13.6. The Kier molecular flexibility index (Phi) is 6.29. The van der Waals surface area contributed by atoms with Gasteiger partial charge in [-0.1, -0.05) is 0 Å². The molecule has 0 unspecified atom stereocenters. The summed E-state index contributed by atoms with van der Waals surface area (Å²) in [5, 5.41) is 11.6. The molecule has 0 aromatic carbocycles. The average Bonchev–Trinajstić information content (AvgIpc) is 3.31. The molecular formula is C19H24N6O2S2. The van der Waals surface area contributed by atoms with Crippen LogP contribution < -0.4 is 10.9 Å². The van der Waals surface area contributed by atoms with Crippen LogP contribution in [-0.4, -0.2) is 42.9 Å². The van der Waals surface area contributed by atoms with Crippen LogP contribution in [0.4, 0.5) is 0 Å². The maximum absolute atomic E-state index is 12.5. The number of aromatic nitrogens is 5. The summed E-state index contributed by atoms with van der Waals surface area (Å²) in [4.78, 5) is 34.3. The van der Waals surface area contributed by atoms with Crippen molar-refractivity contribution in [3.05, 3.63) is 38.8 Å². The lowest BCUT2D eigenvalue weighted by Crippen LogP contribution is -2.28. The summed E-state index contributed by atoms with van der Waals surface area (Å²) in [5.41, 5.74) is 1.15. The van der Waals surface area contributed by atoms with Gasteiger partial charge in [0.25, 0.3) is 5.56 Å². The summed E-state index contributed by atoms with van der Waals surface area (Å²) in [7, 11) is 0. The van der Waals surface area contributed by atoms with E-state index in [2.05, 4.69) is 25.5 Å². The number of H-pyrrole nitrogens is 1. The zero-order valence-corrected chi connectivity index (χ0v) is 18.0. The monoisotopic (exact) mass is 432 g/mol. The highest BCUT2D eigenvalue weighted by atomic mass is 32.2. The molecule has 1 aliphatic carbocycles. The van der Waals surface area contributed by atoms with Crippen LogP contribution in [0.25, 0.3) is 10.2 Å². The minimum Gasteiger partial charge on any atom is -0.355 e.